The summed E-state index contributed by atoms with van der Waals surface area (Å²) in [6, 6.07) is 0. The van der Waals surface area contributed by atoms with Crippen molar-refractivity contribution in [1.82, 2.24) is 5.32 Å². The topological polar surface area (TPSA) is 12.0 Å². The average molecular weight is 227 g/mol. The minimum atomic E-state index is 0.850. The zero-order chi connectivity index (χ0) is 12.2. The van der Waals surface area contributed by atoms with Crippen LogP contribution in [0.5, 0.6) is 0 Å². The molecule has 16 heavy (non-hydrogen) atoms. The summed E-state index contributed by atoms with van der Waals surface area (Å²) in [6.45, 7) is 11.7. The molecule has 2 atom stereocenters. The summed E-state index contributed by atoms with van der Waals surface area (Å²) in [6.07, 6.45) is 9.59. The molecule has 0 heterocycles. The summed E-state index contributed by atoms with van der Waals surface area (Å²) in [5.74, 6) is 1.82. The average Bonchev–Trinajstić information content (AvgIpc) is 2.30. The highest BCUT2D eigenvalue weighted by molar-refractivity contribution is 4.62. The molecule has 0 amide bonds. The fourth-order valence-electron chi connectivity index (χ4n) is 2.23. The second-order valence-corrected chi connectivity index (χ2v) is 5.30. The molecular formula is C15H33N. The van der Waals surface area contributed by atoms with Gasteiger partial charge in [-0.1, -0.05) is 59.8 Å². The Morgan fingerprint density at radius 2 is 1.69 bits per heavy atom. The van der Waals surface area contributed by atoms with Crippen molar-refractivity contribution >= 4 is 0 Å². The zero-order valence-corrected chi connectivity index (χ0v) is 12.0. The van der Waals surface area contributed by atoms with Crippen LogP contribution in [0.3, 0.4) is 0 Å². The van der Waals surface area contributed by atoms with Gasteiger partial charge in [0.1, 0.15) is 0 Å². The maximum atomic E-state index is 3.56. The van der Waals surface area contributed by atoms with Gasteiger partial charge in [-0.25, -0.2) is 0 Å². The summed E-state index contributed by atoms with van der Waals surface area (Å²) in [4.78, 5) is 0. The van der Waals surface area contributed by atoms with Crippen LogP contribution in [-0.4, -0.2) is 13.1 Å². The molecule has 0 spiro atoms. The van der Waals surface area contributed by atoms with E-state index in [1.165, 1.54) is 58.0 Å². The Morgan fingerprint density at radius 1 is 0.938 bits per heavy atom. The van der Waals surface area contributed by atoms with E-state index in [4.69, 9.17) is 0 Å². The lowest BCUT2D eigenvalue weighted by molar-refractivity contribution is 0.368. The van der Waals surface area contributed by atoms with Gasteiger partial charge in [-0.15, -0.1) is 0 Å². The van der Waals surface area contributed by atoms with Crippen molar-refractivity contribution in [2.75, 3.05) is 13.1 Å². The number of nitrogens with one attached hydrogen (secondary N) is 1. The van der Waals surface area contributed by atoms with Crippen molar-refractivity contribution < 1.29 is 0 Å². The molecule has 0 saturated heterocycles. The third-order valence-electron chi connectivity index (χ3n) is 3.54. The lowest BCUT2D eigenvalue weighted by Gasteiger charge is -2.17. The van der Waals surface area contributed by atoms with Gasteiger partial charge < -0.3 is 5.32 Å². The molecule has 0 aromatic rings. The molecule has 98 valence electrons. The van der Waals surface area contributed by atoms with Crippen LogP contribution in [0.15, 0.2) is 0 Å². The van der Waals surface area contributed by atoms with E-state index in [1.54, 1.807) is 0 Å². The monoisotopic (exact) mass is 227 g/mol. The van der Waals surface area contributed by atoms with Crippen LogP contribution in [-0.2, 0) is 0 Å². The molecule has 1 N–H and O–H groups in total. The Morgan fingerprint density at radius 3 is 2.25 bits per heavy atom. The lowest BCUT2D eigenvalue weighted by atomic mass is 9.91. The Bertz CT molecular complexity index is 133. The smallest absolute Gasteiger partial charge is 0.00232 e. The van der Waals surface area contributed by atoms with Gasteiger partial charge in [-0.2, -0.15) is 0 Å². The van der Waals surface area contributed by atoms with Crippen LogP contribution in [0.25, 0.3) is 0 Å². The third kappa shape index (κ3) is 9.21. The summed E-state index contributed by atoms with van der Waals surface area (Å²) >= 11 is 0. The van der Waals surface area contributed by atoms with Gasteiger partial charge in [0, 0.05) is 0 Å². The first-order valence-electron chi connectivity index (χ1n) is 7.45. The molecule has 0 rings (SSSR count). The quantitative estimate of drug-likeness (QED) is 0.508. The van der Waals surface area contributed by atoms with Gasteiger partial charge in [0.2, 0.25) is 0 Å². The van der Waals surface area contributed by atoms with Gasteiger partial charge >= 0.3 is 0 Å². The molecule has 0 bridgehead atoms. The highest BCUT2D eigenvalue weighted by atomic mass is 14.8. The number of rotatable bonds is 11. The summed E-state index contributed by atoms with van der Waals surface area (Å²) in [5.41, 5.74) is 0. The molecular weight excluding hydrogens is 194 g/mol. The molecule has 0 aliphatic rings. The number of hydrogen-bond donors (Lipinski definition) is 1. The highest BCUT2D eigenvalue weighted by Crippen LogP contribution is 2.19. The minimum Gasteiger partial charge on any atom is -0.316 e. The first-order chi connectivity index (χ1) is 7.74. The van der Waals surface area contributed by atoms with Crippen molar-refractivity contribution in [2.24, 2.45) is 11.8 Å². The molecule has 0 aliphatic carbocycles. The lowest BCUT2D eigenvalue weighted by Crippen LogP contribution is -2.22. The molecule has 2 unspecified atom stereocenters. The third-order valence-corrected chi connectivity index (χ3v) is 3.54. The molecule has 0 aromatic heterocycles. The van der Waals surface area contributed by atoms with Crippen LogP contribution in [0, 0.1) is 11.8 Å². The van der Waals surface area contributed by atoms with E-state index < -0.39 is 0 Å². The Kier molecular flexibility index (Phi) is 11.4. The van der Waals surface area contributed by atoms with E-state index >= 15 is 0 Å². The van der Waals surface area contributed by atoms with Crippen molar-refractivity contribution in [2.45, 2.75) is 72.6 Å². The summed E-state index contributed by atoms with van der Waals surface area (Å²) in [5, 5.41) is 3.56. The zero-order valence-electron chi connectivity index (χ0n) is 12.0. The largest absolute Gasteiger partial charge is 0.316 e. The van der Waals surface area contributed by atoms with E-state index in [1.807, 2.05) is 0 Å². The summed E-state index contributed by atoms with van der Waals surface area (Å²) < 4.78 is 0. The van der Waals surface area contributed by atoms with Crippen molar-refractivity contribution in [3.05, 3.63) is 0 Å². The van der Waals surface area contributed by atoms with Gasteiger partial charge in [0.15, 0.2) is 0 Å². The predicted molar refractivity (Wildman–Crippen MR) is 74.9 cm³/mol. The van der Waals surface area contributed by atoms with Crippen molar-refractivity contribution in [1.29, 1.82) is 0 Å². The van der Waals surface area contributed by atoms with Crippen molar-refractivity contribution in [3.63, 3.8) is 0 Å². The predicted octanol–water partition coefficient (Wildman–Crippen LogP) is 4.62. The second-order valence-electron chi connectivity index (χ2n) is 5.30. The van der Waals surface area contributed by atoms with Crippen LogP contribution >= 0.6 is 0 Å². The highest BCUT2D eigenvalue weighted by Gasteiger charge is 2.08. The molecule has 0 aromatic carbocycles. The second kappa shape index (κ2) is 11.4. The fourth-order valence-corrected chi connectivity index (χ4v) is 2.23. The van der Waals surface area contributed by atoms with E-state index in [9.17, 15) is 0 Å². The van der Waals surface area contributed by atoms with Crippen LogP contribution in [0.1, 0.15) is 72.6 Å². The first kappa shape index (κ1) is 16.0. The number of unbranched alkanes of at least 4 members (excludes halogenated alkanes) is 1. The fraction of sp³-hybridized carbons (Fsp3) is 1.00. The normalized spacial score (nSPS) is 15.0. The molecule has 0 aliphatic heterocycles. The van der Waals surface area contributed by atoms with Crippen LogP contribution in [0.4, 0.5) is 0 Å². The summed E-state index contributed by atoms with van der Waals surface area (Å²) in [7, 11) is 0. The maximum absolute atomic E-state index is 3.56. The molecule has 0 radical (unpaired) electrons. The van der Waals surface area contributed by atoms with E-state index in [0.29, 0.717) is 0 Å². The first-order valence-corrected chi connectivity index (χ1v) is 7.45. The number of hydrogen-bond acceptors (Lipinski definition) is 1. The Labute approximate surface area is 103 Å². The Hall–Kier alpha value is -0.0400. The van der Waals surface area contributed by atoms with E-state index in [-0.39, 0.29) is 0 Å². The van der Waals surface area contributed by atoms with Gasteiger partial charge in [0.05, 0.1) is 0 Å². The van der Waals surface area contributed by atoms with Gasteiger partial charge in [0.25, 0.3) is 0 Å². The van der Waals surface area contributed by atoms with E-state index in [2.05, 4.69) is 33.0 Å². The van der Waals surface area contributed by atoms with Gasteiger partial charge in [-0.3, -0.25) is 0 Å². The minimum absolute atomic E-state index is 0.850. The molecule has 1 heteroatoms. The Balaban J connectivity index is 3.43. The molecule has 1 nitrogen and oxygen atoms in total. The van der Waals surface area contributed by atoms with E-state index in [0.717, 1.165) is 11.8 Å². The van der Waals surface area contributed by atoms with Gasteiger partial charge in [-0.05, 0) is 37.8 Å². The van der Waals surface area contributed by atoms with Crippen LogP contribution in [0.2, 0.25) is 0 Å². The molecule has 0 fully saturated rings. The SMILES string of the molecule is CCCCNCC(C)CCC(CC)CCC. The molecule has 0 saturated carbocycles. The van der Waals surface area contributed by atoms with Crippen LogP contribution < -0.4 is 5.32 Å². The van der Waals surface area contributed by atoms with Crippen molar-refractivity contribution in [3.8, 4) is 0 Å². The maximum Gasteiger partial charge on any atom is -0.00232 e. The standard InChI is InChI=1S/C15H33N/c1-5-8-12-16-13-14(4)10-11-15(7-3)9-6-2/h14-16H,5-13H2,1-4H3.